The molecular weight excluding hydrogens is 481 g/mol. The van der Waals surface area contributed by atoms with Gasteiger partial charge in [0.25, 0.3) is 0 Å². The van der Waals surface area contributed by atoms with Gasteiger partial charge in [-0.1, -0.05) is 119 Å². The molecule has 0 saturated carbocycles. The first-order valence-electron chi connectivity index (χ1n) is 15.9. The molecule has 0 bridgehead atoms. The second-order valence-electron chi connectivity index (χ2n) is 10.8. The number of thioether (sulfide) groups is 1. The van der Waals surface area contributed by atoms with Crippen molar-refractivity contribution in [1.82, 2.24) is 0 Å². The maximum Gasteiger partial charge on any atom is 0.205 e. The van der Waals surface area contributed by atoms with Crippen LogP contribution in [0.3, 0.4) is 0 Å². The fourth-order valence-electron chi connectivity index (χ4n) is 5.73. The summed E-state index contributed by atoms with van der Waals surface area (Å²) < 4.78 is 14.1. The quantitative estimate of drug-likeness (QED) is 0.100. The number of hydrogen-bond acceptors (Lipinski definition) is 3. The normalized spacial score (nSPS) is 14.4. The summed E-state index contributed by atoms with van der Waals surface area (Å²) in [6.07, 6.45) is 18.6. The zero-order chi connectivity index (χ0) is 26.4. The van der Waals surface area contributed by atoms with E-state index in [0.717, 1.165) is 23.0 Å². The summed E-state index contributed by atoms with van der Waals surface area (Å²) in [7, 11) is -3.68. The zero-order valence-electron chi connectivity index (χ0n) is 25.5. The predicted molar refractivity (Wildman–Crippen MR) is 168 cm³/mol. The molecule has 35 heavy (non-hydrogen) atoms. The molecule has 0 radical (unpaired) electrons. The van der Waals surface area contributed by atoms with Crippen LogP contribution in [0.2, 0.25) is 24.2 Å². The fourth-order valence-corrected chi connectivity index (χ4v) is 21.1. The highest BCUT2D eigenvalue weighted by Crippen LogP contribution is 2.44. The van der Waals surface area contributed by atoms with Crippen LogP contribution in [0.4, 0.5) is 0 Å². The van der Waals surface area contributed by atoms with E-state index in [4.69, 9.17) is 8.85 Å². The van der Waals surface area contributed by atoms with Gasteiger partial charge in [-0.25, -0.2) is 0 Å². The molecule has 0 aliphatic rings. The monoisotopic (exact) mass is 546 g/mol. The van der Waals surface area contributed by atoms with Crippen molar-refractivity contribution in [2.24, 2.45) is 0 Å². The molecule has 0 heterocycles. The van der Waals surface area contributed by atoms with Crippen molar-refractivity contribution in [3.8, 4) is 0 Å². The lowest BCUT2D eigenvalue weighted by molar-refractivity contribution is 0.310. The van der Waals surface area contributed by atoms with E-state index in [0.29, 0.717) is 0 Å². The molecule has 212 valence electrons. The van der Waals surface area contributed by atoms with Crippen molar-refractivity contribution >= 4 is 28.4 Å². The van der Waals surface area contributed by atoms with Crippen molar-refractivity contribution in [2.75, 3.05) is 13.2 Å². The molecular formula is C30H66O2SSi2. The van der Waals surface area contributed by atoms with Gasteiger partial charge < -0.3 is 8.85 Å². The second kappa shape index (κ2) is 22.7. The minimum Gasteiger partial charge on any atom is -0.416 e. The van der Waals surface area contributed by atoms with Crippen molar-refractivity contribution in [1.29, 1.82) is 0 Å². The van der Waals surface area contributed by atoms with E-state index in [1.165, 1.54) is 114 Å². The molecule has 0 rings (SSSR count). The average Bonchev–Trinajstić information content (AvgIpc) is 2.87. The molecule has 2 nitrogen and oxygen atoms in total. The van der Waals surface area contributed by atoms with E-state index in [1.54, 1.807) is 0 Å². The van der Waals surface area contributed by atoms with Gasteiger partial charge in [0, 0.05) is 23.0 Å². The Morgan fingerprint density at radius 3 is 0.971 bits per heavy atom. The zero-order valence-corrected chi connectivity index (χ0v) is 28.3. The van der Waals surface area contributed by atoms with Gasteiger partial charge in [0.1, 0.15) is 0 Å². The molecule has 0 amide bonds. The summed E-state index contributed by atoms with van der Waals surface area (Å²) in [6.45, 7) is 20.5. The van der Waals surface area contributed by atoms with Gasteiger partial charge in [-0.3, -0.25) is 0 Å². The smallest absolute Gasteiger partial charge is 0.205 e. The lowest BCUT2D eigenvalue weighted by atomic mass is 10.3. The standard InChI is InChI=1S/C30H66O2SSi2/c1-9-17-23-29(34(31-15-7,25-19-11-3)26-20-12-4)33-30(24-18-10-2)35(32-16-8,27-21-13-5)28-22-14-6/h29-30H,9-28H2,1-8H3. The van der Waals surface area contributed by atoms with Crippen LogP contribution in [0.15, 0.2) is 0 Å². The molecule has 0 spiro atoms. The third kappa shape index (κ3) is 13.4. The molecule has 2 atom stereocenters. The Morgan fingerprint density at radius 1 is 0.457 bits per heavy atom. The van der Waals surface area contributed by atoms with Crippen molar-refractivity contribution < 1.29 is 8.85 Å². The third-order valence-electron chi connectivity index (χ3n) is 7.82. The van der Waals surface area contributed by atoms with Gasteiger partial charge in [0.2, 0.25) is 16.6 Å². The summed E-state index contributed by atoms with van der Waals surface area (Å²) in [5.41, 5.74) is 0. The Bertz CT molecular complexity index is 408. The molecule has 2 unspecified atom stereocenters. The Labute approximate surface area is 229 Å². The summed E-state index contributed by atoms with van der Waals surface area (Å²) in [6, 6.07) is 5.47. The van der Waals surface area contributed by atoms with E-state index in [9.17, 15) is 0 Å². The van der Waals surface area contributed by atoms with Gasteiger partial charge in [0.05, 0.1) is 0 Å². The molecule has 0 aromatic rings. The van der Waals surface area contributed by atoms with Crippen LogP contribution in [-0.4, -0.2) is 39.6 Å². The molecule has 0 N–H and O–H groups in total. The van der Waals surface area contributed by atoms with Crippen LogP contribution in [0.5, 0.6) is 0 Å². The van der Waals surface area contributed by atoms with Crippen LogP contribution < -0.4 is 0 Å². The van der Waals surface area contributed by atoms with E-state index in [1.807, 2.05) is 0 Å². The number of rotatable bonds is 26. The Kier molecular flexibility index (Phi) is 23.1. The van der Waals surface area contributed by atoms with Crippen molar-refractivity contribution in [3.63, 3.8) is 0 Å². The molecule has 0 aromatic heterocycles. The second-order valence-corrected chi connectivity index (χ2v) is 21.3. The van der Waals surface area contributed by atoms with Gasteiger partial charge in [-0.2, -0.15) is 11.8 Å². The lowest BCUT2D eigenvalue weighted by Gasteiger charge is -2.44. The highest BCUT2D eigenvalue weighted by atomic mass is 32.2. The Balaban J connectivity index is 6.45. The predicted octanol–water partition coefficient (Wildman–Crippen LogP) is 11.1. The highest BCUT2D eigenvalue weighted by Gasteiger charge is 2.48. The van der Waals surface area contributed by atoms with E-state index in [-0.39, 0.29) is 0 Å². The van der Waals surface area contributed by atoms with Gasteiger partial charge in [0.15, 0.2) is 0 Å². The first kappa shape index (κ1) is 35.7. The maximum atomic E-state index is 7.03. The molecule has 0 aliphatic carbocycles. The lowest BCUT2D eigenvalue weighted by Crippen LogP contribution is -2.54. The molecule has 0 aromatic carbocycles. The van der Waals surface area contributed by atoms with Gasteiger partial charge in [-0.15, -0.1) is 0 Å². The van der Waals surface area contributed by atoms with Crippen LogP contribution in [0.1, 0.15) is 145 Å². The van der Waals surface area contributed by atoms with Crippen LogP contribution in [-0.2, 0) is 8.85 Å². The number of unbranched alkanes of at least 4 members (excludes halogenated alkanes) is 6. The van der Waals surface area contributed by atoms with Crippen LogP contribution in [0, 0.1) is 0 Å². The average molecular weight is 547 g/mol. The topological polar surface area (TPSA) is 18.5 Å². The van der Waals surface area contributed by atoms with Crippen molar-refractivity contribution in [2.45, 2.75) is 179 Å². The number of hydrogen-bond donors (Lipinski definition) is 0. The summed E-state index contributed by atoms with van der Waals surface area (Å²) in [5, 5.41) is 0. The summed E-state index contributed by atoms with van der Waals surface area (Å²) in [4.78, 5) is 1.47. The first-order valence-corrected chi connectivity index (χ1v) is 21.7. The highest BCUT2D eigenvalue weighted by molar-refractivity contribution is 8.03. The van der Waals surface area contributed by atoms with Gasteiger partial charge in [-0.05, 0) is 50.9 Å². The molecule has 0 aliphatic heterocycles. The van der Waals surface area contributed by atoms with E-state index < -0.39 is 16.6 Å². The minimum atomic E-state index is -1.84. The first-order chi connectivity index (χ1) is 17.0. The molecule has 0 fully saturated rings. The van der Waals surface area contributed by atoms with Gasteiger partial charge >= 0.3 is 0 Å². The SMILES string of the molecule is CCCCC(SC(CCCC)[Si](CCCC)(CCCC)OCC)[Si](CCCC)(CCCC)OCC. The van der Waals surface area contributed by atoms with E-state index >= 15 is 0 Å². The van der Waals surface area contributed by atoms with Crippen molar-refractivity contribution in [3.05, 3.63) is 0 Å². The summed E-state index contributed by atoms with van der Waals surface area (Å²) >= 11 is 2.44. The Morgan fingerprint density at radius 2 is 0.743 bits per heavy atom. The largest absolute Gasteiger partial charge is 0.416 e. The van der Waals surface area contributed by atoms with Crippen LogP contribution in [0.25, 0.3) is 0 Å². The molecule has 0 saturated heterocycles. The Hall–Kier alpha value is 0.704. The minimum absolute atomic E-state index is 0.734. The maximum absolute atomic E-state index is 7.03. The van der Waals surface area contributed by atoms with Crippen LogP contribution >= 0.6 is 11.8 Å². The summed E-state index contributed by atoms with van der Waals surface area (Å²) in [5.74, 6) is 0. The third-order valence-corrected chi connectivity index (χ3v) is 21.8. The molecule has 5 heteroatoms. The fraction of sp³-hybridized carbons (Fsp3) is 1.00. The van der Waals surface area contributed by atoms with E-state index in [2.05, 4.69) is 67.2 Å².